The summed E-state index contributed by atoms with van der Waals surface area (Å²) in [5.74, 6) is 1.74. The molecule has 0 spiro atoms. The zero-order valence-corrected chi connectivity index (χ0v) is 18.5. The van der Waals surface area contributed by atoms with Gasteiger partial charge in [-0.05, 0) is 56.7 Å². The first-order valence-corrected chi connectivity index (χ1v) is 11.2. The lowest BCUT2D eigenvalue weighted by Crippen LogP contribution is -2.51. The van der Waals surface area contributed by atoms with E-state index in [1.54, 1.807) is 0 Å². The number of benzene rings is 1. The number of nitrogens with zero attached hydrogens (tertiary/aromatic N) is 5. The summed E-state index contributed by atoms with van der Waals surface area (Å²) in [5.41, 5.74) is 0.940. The number of halogens is 1. The second-order valence-corrected chi connectivity index (χ2v) is 8.74. The molecule has 0 radical (unpaired) electrons. The highest BCUT2D eigenvalue weighted by Gasteiger charge is 2.30. The van der Waals surface area contributed by atoms with Crippen molar-refractivity contribution in [2.75, 3.05) is 45.8 Å². The normalized spacial score (nSPS) is 19.6. The van der Waals surface area contributed by atoms with Gasteiger partial charge in [0.15, 0.2) is 0 Å². The second kappa shape index (κ2) is 9.36. The Morgan fingerprint density at radius 1 is 1.07 bits per heavy atom. The topological polar surface area (TPSA) is 65.7 Å². The maximum absolute atomic E-state index is 12.8. The van der Waals surface area contributed by atoms with E-state index < -0.39 is 0 Å². The standard InChI is InChI=1S/C21H28BrN5O2/c1-2-25-11-13-27(14-12-25)21(28)17-7-9-26(10-8-17)15-19-23-20(24-29-19)16-3-5-18(22)6-4-16/h3-6,17H,2,7-15H2,1H3. The number of hydrogen-bond acceptors (Lipinski definition) is 6. The molecule has 2 aliphatic rings. The number of amides is 1. The van der Waals surface area contributed by atoms with Gasteiger partial charge in [-0.25, -0.2) is 0 Å². The molecular formula is C21H28BrN5O2. The molecule has 1 aromatic heterocycles. The Morgan fingerprint density at radius 2 is 1.76 bits per heavy atom. The summed E-state index contributed by atoms with van der Waals surface area (Å²) in [4.78, 5) is 24.1. The molecule has 7 nitrogen and oxygen atoms in total. The Bertz CT molecular complexity index is 809. The minimum Gasteiger partial charge on any atom is -0.340 e. The first-order chi connectivity index (χ1) is 14.1. The van der Waals surface area contributed by atoms with Gasteiger partial charge >= 0.3 is 0 Å². The van der Waals surface area contributed by atoms with E-state index in [1.165, 1.54) is 0 Å². The number of piperidine rings is 1. The van der Waals surface area contributed by atoms with Crippen molar-refractivity contribution in [3.05, 3.63) is 34.6 Å². The lowest BCUT2D eigenvalue weighted by molar-refractivity contribution is -0.138. The zero-order valence-electron chi connectivity index (χ0n) is 16.9. The average Bonchev–Trinajstić information content (AvgIpc) is 3.23. The highest BCUT2D eigenvalue weighted by molar-refractivity contribution is 9.10. The van der Waals surface area contributed by atoms with Crippen molar-refractivity contribution < 1.29 is 9.32 Å². The number of carbonyl (C=O) groups excluding carboxylic acids is 1. The fourth-order valence-electron chi connectivity index (χ4n) is 4.11. The SMILES string of the molecule is CCN1CCN(C(=O)C2CCN(Cc3nc(-c4ccc(Br)cc4)no3)CC2)CC1. The van der Waals surface area contributed by atoms with E-state index in [1.807, 2.05) is 24.3 Å². The Balaban J connectivity index is 1.26. The molecule has 2 saturated heterocycles. The van der Waals surface area contributed by atoms with Crippen LogP contribution in [0.5, 0.6) is 0 Å². The van der Waals surface area contributed by atoms with Gasteiger partial charge in [-0.3, -0.25) is 9.69 Å². The molecule has 29 heavy (non-hydrogen) atoms. The highest BCUT2D eigenvalue weighted by Crippen LogP contribution is 2.23. The van der Waals surface area contributed by atoms with Crippen LogP contribution >= 0.6 is 15.9 Å². The fourth-order valence-corrected chi connectivity index (χ4v) is 4.37. The van der Waals surface area contributed by atoms with Crippen LogP contribution in [0.2, 0.25) is 0 Å². The molecule has 156 valence electrons. The van der Waals surface area contributed by atoms with Crippen molar-refractivity contribution >= 4 is 21.8 Å². The van der Waals surface area contributed by atoms with Gasteiger partial charge in [0.1, 0.15) is 0 Å². The Hall–Kier alpha value is -1.77. The predicted octanol–water partition coefficient (Wildman–Crippen LogP) is 2.88. The van der Waals surface area contributed by atoms with Crippen molar-refractivity contribution in [1.29, 1.82) is 0 Å². The van der Waals surface area contributed by atoms with Gasteiger partial charge in [0, 0.05) is 42.1 Å². The third kappa shape index (κ3) is 5.05. The van der Waals surface area contributed by atoms with E-state index in [2.05, 4.69) is 47.7 Å². The number of aromatic nitrogens is 2. The number of likely N-dealkylation sites (tertiary alicyclic amines) is 1. The van der Waals surface area contributed by atoms with Crippen LogP contribution in [0.15, 0.2) is 33.3 Å². The number of likely N-dealkylation sites (N-methyl/N-ethyl adjacent to an activating group) is 1. The maximum Gasteiger partial charge on any atom is 0.241 e. The summed E-state index contributed by atoms with van der Waals surface area (Å²) in [7, 11) is 0. The van der Waals surface area contributed by atoms with E-state index >= 15 is 0 Å². The molecule has 0 aliphatic carbocycles. The Labute approximate surface area is 180 Å². The molecule has 2 aliphatic heterocycles. The monoisotopic (exact) mass is 461 g/mol. The number of rotatable bonds is 5. The molecule has 8 heteroatoms. The van der Waals surface area contributed by atoms with Crippen LogP contribution in [0.25, 0.3) is 11.4 Å². The molecule has 0 bridgehead atoms. The van der Waals surface area contributed by atoms with Crippen molar-refractivity contribution in [2.45, 2.75) is 26.3 Å². The zero-order chi connectivity index (χ0) is 20.2. The quantitative estimate of drug-likeness (QED) is 0.681. The fraction of sp³-hybridized carbons (Fsp3) is 0.571. The van der Waals surface area contributed by atoms with Gasteiger partial charge in [0.05, 0.1) is 6.54 Å². The lowest BCUT2D eigenvalue weighted by atomic mass is 9.95. The number of piperazine rings is 1. The third-order valence-electron chi connectivity index (χ3n) is 6.00. The summed E-state index contributed by atoms with van der Waals surface area (Å²) >= 11 is 3.44. The Morgan fingerprint density at radius 3 is 2.41 bits per heavy atom. The van der Waals surface area contributed by atoms with Crippen LogP contribution in [0.3, 0.4) is 0 Å². The van der Waals surface area contributed by atoms with Crippen LogP contribution in [0.1, 0.15) is 25.7 Å². The summed E-state index contributed by atoms with van der Waals surface area (Å²) in [6.45, 7) is 9.40. The van der Waals surface area contributed by atoms with E-state index in [-0.39, 0.29) is 5.92 Å². The van der Waals surface area contributed by atoms with Gasteiger partial charge in [-0.2, -0.15) is 4.98 Å². The average molecular weight is 462 g/mol. The molecule has 0 N–H and O–H groups in total. The summed E-state index contributed by atoms with van der Waals surface area (Å²) < 4.78 is 6.47. The first kappa shape index (κ1) is 20.5. The largest absolute Gasteiger partial charge is 0.340 e. The van der Waals surface area contributed by atoms with Crippen molar-refractivity contribution in [1.82, 2.24) is 24.8 Å². The van der Waals surface area contributed by atoms with Crippen LogP contribution in [-0.4, -0.2) is 76.6 Å². The van der Waals surface area contributed by atoms with Gasteiger partial charge < -0.3 is 14.3 Å². The van der Waals surface area contributed by atoms with Gasteiger partial charge in [0.2, 0.25) is 17.6 Å². The molecular weight excluding hydrogens is 434 g/mol. The second-order valence-electron chi connectivity index (χ2n) is 7.83. The van der Waals surface area contributed by atoms with E-state index in [9.17, 15) is 4.79 Å². The predicted molar refractivity (Wildman–Crippen MR) is 114 cm³/mol. The van der Waals surface area contributed by atoms with Gasteiger partial charge in [-0.1, -0.05) is 28.0 Å². The summed E-state index contributed by atoms with van der Waals surface area (Å²) in [6.07, 6.45) is 1.81. The molecule has 3 heterocycles. The summed E-state index contributed by atoms with van der Waals surface area (Å²) in [5, 5.41) is 4.11. The molecule has 0 saturated carbocycles. The molecule has 2 aromatic rings. The van der Waals surface area contributed by atoms with Crippen molar-refractivity contribution in [3.8, 4) is 11.4 Å². The van der Waals surface area contributed by atoms with Gasteiger partial charge in [-0.15, -0.1) is 0 Å². The third-order valence-corrected chi connectivity index (χ3v) is 6.53. The Kier molecular flexibility index (Phi) is 6.62. The minimum absolute atomic E-state index is 0.153. The molecule has 1 amide bonds. The number of hydrogen-bond donors (Lipinski definition) is 0. The van der Waals surface area contributed by atoms with Crippen molar-refractivity contribution in [2.24, 2.45) is 5.92 Å². The first-order valence-electron chi connectivity index (χ1n) is 10.4. The van der Waals surface area contributed by atoms with Crippen molar-refractivity contribution in [3.63, 3.8) is 0 Å². The highest BCUT2D eigenvalue weighted by atomic mass is 79.9. The van der Waals surface area contributed by atoms with Crippen LogP contribution in [0.4, 0.5) is 0 Å². The van der Waals surface area contributed by atoms with E-state index in [0.717, 1.165) is 68.7 Å². The molecule has 1 aromatic carbocycles. The molecule has 0 unspecified atom stereocenters. The van der Waals surface area contributed by atoms with Crippen LogP contribution < -0.4 is 0 Å². The van der Waals surface area contributed by atoms with E-state index in [0.29, 0.717) is 24.2 Å². The van der Waals surface area contributed by atoms with E-state index in [4.69, 9.17) is 4.52 Å². The molecule has 4 rings (SSSR count). The smallest absolute Gasteiger partial charge is 0.241 e. The van der Waals surface area contributed by atoms with Crippen LogP contribution in [0, 0.1) is 5.92 Å². The lowest BCUT2D eigenvalue weighted by Gasteiger charge is -2.38. The van der Waals surface area contributed by atoms with Crippen LogP contribution in [-0.2, 0) is 11.3 Å². The molecule has 2 fully saturated rings. The maximum atomic E-state index is 12.8. The summed E-state index contributed by atoms with van der Waals surface area (Å²) in [6, 6.07) is 7.87. The van der Waals surface area contributed by atoms with Gasteiger partial charge in [0.25, 0.3) is 0 Å². The minimum atomic E-state index is 0.153. The number of carbonyl (C=O) groups is 1. The molecule has 0 atom stereocenters.